The number of amidine groups is 1. The number of carbonyl (C=O) groups excluding carboxylic acids is 1. The first kappa shape index (κ1) is 18.2. The van der Waals surface area contributed by atoms with Crippen molar-refractivity contribution < 1.29 is 9.90 Å². The van der Waals surface area contributed by atoms with Gasteiger partial charge in [-0.15, -0.1) is 0 Å². The van der Waals surface area contributed by atoms with Crippen LogP contribution in [0.3, 0.4) is 0 Å². The molecule has 0 aromatic carbocycles. The number of nitrogens with zero attached hydrogens (tertiary/aromatic N) is 1. The van der Waals surface area contributed by atoms with Crippen molar-refractivity contribution in [2.24, 2.45) is 10.9 Å². The summed E-state index contributed by atoms with van der Waals surface area (Å²) in [5, 5.41) is 15.7. The highest BCUT2D eigenvalue weighted by atomic mass is 16.3. The Labute approximate surface area is 132 Å². The highest BCUT2D eigenvalue weighted by Crippen LogP contribution is 2.24. The second-order valence-corrected chi connectivity index (χ2v) is 5.90. The van der Waals surface area contributed by atoms with E-state index in [2.05, 4.69) is 28.8 Å². The molecule has 5 heteroatoms. The second kappa shape index (κ2) is 8.54. The van der Waals surface area contributed by atoms with Crippen molar-refractivity contribution in [3.63, 3.8) is 0 Å². The van der Waals surface area contributed by atoms with Crippen LogP contribution in [-0.4, -0.2) is 29.0 Å². The van der Waals surface area contributed by atoms with Gasteiger partial charge in [0.25, 0.3) is 5.91 Å². The molecule has 3 unspecified atom stereocenters. The molecule has 3 atom stereocenters. The molecule has 0 bridgehead atoms. The minimum atomic E-state index is -0.246. The zero-order chi connectivity index (χ0) is 16.7. The molecule has 0 spiro atoms. The Kier molecular flexibility index (Phi) is 7.05. The Hall–Kier alpha value is -1.88. The van der Waals surface area contributed by atoms with Crippen LogP contribution in [0.1, 0.15) is 40.0 Å². The highest BCUT2D eigenvalue weighted by molar-refractivity contribution is 5.96. The predicted molar refractivity (Wildman–Crippen MR) is 90.3 cm³/mol. The predicted octanol–water partition coefficient (Wildman–Crippen LogP) is 2.26. The summed E-state index contributed by atoms with van der Waals surface area (Å²) in [6.07, 6.45) is 5.16. The fraction of sp³-hybridized carbons (Fsp3) is 0.529. The van der Waals surface area contributed by atoms with E-state index in [4.69, 9.17) is 0 Å². The van der Waals surface area contributed by atoms with E-state index >= 15 is 0 Å². The molecule has 1 saturated carbocycles. The van der Waals surface area contributed by atoms with Crippen molar-refractivity contribution in [1.82, 2.24) is 10.6 Å². The summed E-state index contributed by atoms with van der Waals surface area (Å²) in [4.78, 5) is 16.2. The van der Waals surface area contributed by atoms with Crippen LogP contribution in [0.4, 0.5) is 0 Å². The third-order valence-electron chi connectivity index (χ3n) is 3.80. The largest absolute Gasteiger partial charge is 0.393 e. The van der Waals surface area contributed by atoms with Crippen LogP contribution >= 0.6 is 0 Å². The van der Waals surface area contributed by atoms with Gasteiger partial charge in [-0.3, -0.25) is 4.79 Å². The summed E-state index contributed by atoms with van der Waals surface area (Å²) < 4.78 is 0. The summed E-state index contributed by atoms with van der Waals surface area (Å²) >= 11 is 0. The lowest BCUT2D eigenvalue weighted by molar-refractivity contribution is -0.118. The number of amides is 1. The number of carbonyl (C=O) groups is 1. The quantitative estimate of drug-likeness (QED) is 0.316. The van der Waals surface area contributed by atoms with Gasteiger partial charge < -0.3 is 15.7 Å². The molecule has 22 heavy (non-hydrogen) atoms. The Balaban J connectivity index is 2.56. The summed E-state index contributed by atoms with van der Waals surface area (Å²) in [5.74, 6) is 0.797. The van der Waals surface area contributed by atoms with Crippen molar-refractivity contribution in [2.45, 2.75) is 52.2 Å². The molecule has 0 aromatic rings. The highest BCUT2D eigenvalue weighted by Gasteiger charge is 2.27. The molecule has 0 saturated heterocycles. The minimum Gasteiger partial charge on any atom is -0.393 e. The van der Waals surface area contributed by atoms with Gasteiger partial charge in [0.05, 0.1) is 6.10 Å². The van der Waals surface area contributed by atoms with Crippen LogP contribution in [0, 0.1) is 5.92 Å². The van der Waals surface area contributed by atoms with Crippen LogP contribution in [0.25, 0.3) is 0 Å². The number of hydrogen-bond acceptors (Lipinski definition) is 3. The number of aliphatic hydroxyl groups is 1. The van der Waals surface area contributed by atoms with E-state index in [0.717, 1.165) is 25.0 Å². The van der Waals surface area contributed by atoms with Crippen LogP contribution < -0.4 is 10.6 Å². The van der Waals surface area contributed by atoms with Gasteiger partial charge in [-0.25, -0.2) is 4.99 Å². The molecule has 1 rings (SSSR count). The average molecular weight is 305 g/mol. The van der Waals surface area contributed by atoms with Gasteiger partial charge in [0.2, 0.25) is 0 Å². The standard InChI is InChI=1S/C17H27N3O2/c1-6-18-14(5)19-13(4)9-12(3)17(22)20-16-8-7-15(21)10-11(16)2/h6,9,11,15-16,21H,1,3,7-8,10H2,2,4-5H3,(H,18,19)(H,20,22)/b13-9+. The van der Waals surface area contributed by atoms with Crippen LogP contribution in [0.2, 0.25) is 0 Å². The molecule has 1 amide bonds. The van der Waals surface area contributed by atoms with Crippen LogP contribution in [0.5, 0.6) is 0 Å². The van der Waals surface area contributed by atoms with Crippen LogP contribution in [0.15, 0.2) is 41.7 Å². The third-order valence-corrected chi connectivity index (χ3v) is 3.80. The molecule has 0 radical (unpaired) electrons. The molecular formula is C17H27N3O2. The molecule has 0 aromatic heterocycles. The van der Waals surface area contributed by atoms with Gasteiger partial charge in [-0.05, 0) is 45.1 Å². The first-order valence-electron chi connectivity index (χ1n) is 7.62. The van der Waals surface area contributed by atoms with E-state index in [-0.39, 0.29) is 24.0 Å². The topological polar surface area (TPSA) is 73.7 Å². The SMILES string of the molecule is C=C/N=C(\C)N/C(C)=C/C(=C)C(=O)NC1CCC(O)CC1C. The van der Waals surface area contributed by atoms with Gasteiger partial charge in [-0.1, -0.05) is 20.1 Å². The average Bonchev–Trinajstić information content (AvgIpc) is 2.41. The molecule has 1 fully saturated rings. The maximum absolute atomic E-state index is 12.2. The summed E-state index contributed by atoms with van der Waals surface area (Å²) in [6.45, 7) is 13.1. The van der Waals surface area contributed by atoms with E-state index in [0.29, 0.717) is 11.4 Å². The first-order chi connectivity index (χ1) is 10.3. The van der Waals surface area contributed by atoms with Crippen molar-refractivity contribution in [2.75, 3.05) is 0 Å². The Morgan fingerprint density at radius 2 is 2.05 bits per heavy atom. The molecule has 3 N–H and O–H groups in total. The van der Waals surface area contributed by atoms with Gasteiger partial charge in [0.1, 0.15) is 5.84 Å². The van der Waals surface area contributed by atoms with Crippen LogP contribution in [-0.2, 0) is 4.79 Å². The van der Waals surface area contributed by atoms with E-state index < -0.39 is 0 Å². The molecule has 5 nitrogen and oxygen atoms in total. The number of aliphatic imine (C=N–C) groups is 1. The van der Waals surface area contributed by atoms with E-state index in [9.17, 15) is 9.90 Å². The first-order valence-corrected chi connectivity index (χ1v) is 7.62. The molecule has 1 aliphatic carbocycles. The smallest absolute Gasteiger partial charge is 0.250 e. The zero-order valence-corrected chi connectivity index (χ0v) is 13.7. The number of rotatable bonds is 5. The van der Waals surface area contributed by atoms with Gasteiger partial charge in [0.15, 0.2) is 0 Å². The molecule has 0 aliphatic heterocycles. The lowest BCUT2D eigenvalue weighted by Crippen LogP contribution is -2.44. The maximum Gasteiger partial charge on any atom is 0.250 e. The number of hydrogen-bond donors (Lipinski definition) is 3. The minimum absolute atomic E-state index is 0.0957. The number of nitrogens with one attached hydrogen (secondary N) is 2. The summed E-state index contributed by atoms with van der Waals surface area (Å²) in [6, 6.07) is 0.0957. The Bertz CT molecular complexity index is 494. The maximum atomic E-state index is 12.2. The van der Waals surface area contributed by atoms with Gasteiger partial charge in [-0.2, -0.15) is 0 Å². The molecular weight excluding hydrogens is 278 g/mol. The summed E-state index contributed by atoms with van der Waals surface area (Å²) in [7, 11) is 0. The van der Waals surface area contributed by atoms with E-state index in [1.54, 1.807) is 6.08 Å². The number of allylic oxidation sites excluding steroid dienone is 1. The van der Waals surface area contributed by atoms with Crippen molar-refractivity contribution in [3.05, 3.63) is 36.7 Å². The number of aliphatic hydroxyl groups excluding tert-OH is 1. The lowest BCUT2D eigenvalue weighted by Gasteiger charge is -2.32. The normalized spacial score (nSPS) is 26.3. The molecule has 122 valence electrons. The van der Waals surface area contributed by atoms with E-state index in [1.165, 1.54) is 6.20 Å². The second-order valence-electron chi connectivity index (χ2n) is 5.90. The fourth-order valence-electron chi connectivity index (χ4n) is 2.66. The monoisotopic (exact) mass is 305 g/mol. The summed E-state index contributed by atoms with van der Waals surface area (Å²) in [5.41, 5.74) is 1.19. The van der Waals surface area contributed by atoms with Crippen molar-refractivity contribution >= 4 is 11.7 Å². The van der Waals surface area contributed by atoms with Crippen molar-refractivity contribution in [3.8, 4) is 0 Å². The Morgan fingerprint density at radius 3 is 2.64 bits per heavy atom. The third kappa shape index (κ3) is 5.85. The molecule has 0 heterocycles. The van der Waals surface area contributed by atoms with Gasteiger partial charge >= 0.3 is 0 Å². The van der Waals surface area contributed by atoms with Gasteiger partial charge in [0, 0.05) is 23.5 Å². The fourth-order valence-corrected chi connectivity index (χ4v) is 2.66. The Morgan fingerprint density at radius 1 is 1.36 bits per heavy atom. The molecule has 1 aliphatic rings. The van der Waals surface area contributed by atoms with Crippen molar-refractivity contribution in [1.29, 1.82) is 0 Å². The zero-order valence-electron chi connectivity index (χ0n) is 13.7. The lowest BCUT2D eigenvalue weighted by atomic mass is 9.84. The van der Waals surface area contributed by atoms with E-state index in [1.807, 2.05) is 20.8 Å².